The van der Waals surface area contributed by atoms with E-state index in [2.05, 4.69) is 22.4 Å². The predicted molar refractivity (Wildman–Crippen MR) is 122 cm³/mol. The Hall–Kier alpha value is -2.83. The van der Waals surface area contributed by atoms with Gasteiger partial charge >= 0.3 is 0 Å². The maximum absolute atomic E-state index is 12.6. The average Bonchev–Trinajstić information content (AvgIpc) is 3.13. The molecular weight excluding hydrogens is 400 g/mol. The molecule has 5 rings (SSSR count). The molecule has 0 saturated carbocycles. The van der Waals surface area contributed by atoms with E-state index in [1.54, 1.807) is 6.07 Å². The number of rotatable bonds is 4. The zero-order valence-electron chi connectivity index (χ0n) is 16.9. The number of fused-ring (bicyclic) bond motifs is 3. The molecule has 2 aromatic heterocycles. The smallest absolute Gasteiger partial charge is 0.251 e. The van der Waals surface area contributed by atoms with E-state index in [0.29, 0.717) is 12.5 Å². The molecule has 1 aliphatic heterocycles. The summed E-state index contributed by atoms with van der Waals surface area (Å²) < 4.78 is 7.80. The molecule has 0 aliphatic carbocycles. The highest BCUT2D eigenvalue weighted by atomic mass is 35.5. The van der Waals surface area contributed by atoms with Crippen LogP contribution in [0.15, 0.2) is 53.3 Å². The third-order valence-corrected chi connectivity index (χ3v) is 5.70. The molecule has 2 aromatic carbocycles. The number of benzene rings is 2. The second-order valence-corrected chi connectivity index (χ2v) is 7.47. The first-order valence-electron chi connectivity index (χ1n) is 10.2. The lowest BCUT2D eigenvalue weighted by Crippen LogP contribution is -2.28. The molecule has 4 aromatic rings. The van der Waals surface area contributed by atoms with Gasteiger partial charge in [0.05, 0.1) is 23.2 Å². The first-order valence-corrected chi connectivity index (χ1v) is 10.2. The summed E-state index contributed by atoms with van der Waals surface area (Å²) >= 11 is 0. The minimum atomic E-state index is -0.0827. The Morgan fingerprint density at radius 2 is 1.87 bits per heavy atom. The summed E-state index contributed by atoms with van der Waals surface area (Å²) in [4.78, 5) is 15.6. The lowest BCUT2D eigenvalue weighted by molar-refractivity contribution is 0.341. The van der Waals surface area contributed by atoms with Gasteiger partial charge in [-0.3, -0.25) is 4.79 Å². The summed E-state index contributed by atoms with van der Waals surface area (Å²) in [6.45, 7) is 4.51. The molecule has 0 spiro atoms. The van der Waals surface area contributed by atoms with Crippen LogP contribution in [0.2, 0.25) is 0 Å². The number of halogens is 1. The normalized spacial score (nSPS) is 14.7. The van der Waals surface area contributed by atoms with Crippen molar-refractivity contribution in [3.63, 3.8) is 0 Å². The van der Waals surface area contributed by atoms with Gasteiger partial charge in [0.1, 0.15) is 11.4 Å². The highest BCUT2D eigenvalue weighted by molar-refractivity contribution is 6.04. The van der Waals surface area contributed by atoms with Crippen LogP contribution < -0.4 is 15.6 Å². The first-order chi connectivity index (χ1) is 14.3. The van der Waals surface area contributed by atoms with Gasteiger partial charge in [-0.15, -0.1) is 12.4 Å². The maximum Gasteiger partial charge on any atom is 0.251 e. The molecule has 1 aliphatic rings. The average molecular weight is 425 g/mol. The minimum Gasteiger partial charge on any atom is -0.493 e. The molecule has 1 fully saturated rings. The van der Waals surface area contributed by atoms with Gasteiger partial charge in [-0.2, -0.15) is 5.10 Å². The summed E-state index contributed by atoms with van der Waals surface area (Å²) in [6.07, 6.45) is 2.02. The fraction of sp³-hybridized carbons (Fsp3) is 0.304. The second-order valence-electron chi connectivity index (χ2n) is 7.47. The Morgan fingerprint density at radius 3 is 2.67 bits per heavy atom. The number of aromatic nitrogens is 3. The summed E-state index contributed by atoms with van der Waals surface area (Å²) in [6, 6.07) is 15.8. The van der Waals surface area contributed by atoms with E-state index in [4.69, 9.17) is 9.84 Å². The van der Waals surface area contributed by atoms with Crippen molar-refractivity contribution in [3.8, 4) is 16.9 Å². The summed E-state index contributed by atoms with van der Waals surface area (Å²) in [7, 11) is 0. The van der Waals surface area contributed by atoms with Gasteiger partial charge in [-0.25, -0.2) is 4.52 Å². The number of ether oxygens (including phenoxy) is 1. The largest absolute Gasteiger partial charge is 0.493 e. The standard InChI is InChI=1S/C23H24N4O2.ClH/c1-2-29-20-9-4-3-6-16(20)17-7-5-8-18-22(17)23-25-21(28)14-19(27(23)26-18)15-10-12-24-13-11-15;/h3-9,14-15,24H,2,10-13H2,1H3,(H,25,28);1H. The Kier molecular flexibility index (Phi) is 5.79. The van der Waals surface area contributed by atoms with Crippen LogP contribution in [0.4, 0.5) is 0 Å². The Morgan fingerprint density at radius 1 is 1.10 bits per heavy atom. The Bertz CT molecular complexity index is 1240. The van der Waals surface area contributed by atoms with Crippen molar-refractivity contribution in [3.05, 3.63) is 64.6 Å². The van der Waals surface area contributed by atoms with Crippen molar-refractivity contribution in [1.82, 2.24) is 19.9 Å². The van der Waals surface area contributed by atoms with Crippen molar-refractivity contribution in [2.45, 2.75) is 25.7 Å². The number of hydrogen-bond donors (Lipinski definition) is 2. The van der Waals surface area contributed by atoms with Gasteiger partial charge in [0.15, 0.2) is 0 Å². The van der Waals surface area contributed by atoms with E-state index in [1.807, 2.05) is 41.8 Å². The molecule has 156 valence electrons. The molecule has 6 nitrogen and oxygen atoms in total. The maximum atomic E-state index is 12.6. The third kappa shape index (κ3) is 3.46. The van der Waals surface area contributed by atoms with Crippen LogP contribution >= 0.6 is 12.4 Å². The second kappa shape index (κ2) is 8.50. The topological polar surface area (TPSA) is 71.4 Å². The number of piperidine rings is 1. The van der Waals surface area contributed by atoms with Crippen molar-refractivity contribution in [2.75, 3.05) is 19.7 Å². The Labute approximate surface area is 180 Å². The van der Waals surface area contributed by atoms with Crippen LogP contribution in [0.1, 0.15) is 31.4 Å². The van der Waals surface area contributed by atoms with Crippen LogP contribution in [-0.2, 0) is 0 Å². The van der Waals surface area contributed by atoms with E-state index in [0.717, 1.165) is 65.1 Å². The molecule has 0 unspecified atom stereocenters. The van der Waals surface area contributed by atoms with Gasteiger partial charge in [0.2, 0.25) is 0 Å². The van der Waals surface area contributed by atoms with E-state index < -0.39 is 0 Å². The molecule has 0 amide bonds. The van der Waals surface area contributed by atoms with E-state index in [1.165, 1.54) is 0 Å². The summed E-state index contributed by atoms with van der Waals surface area (Å²) in [5, 5.41) is 9.22. The number of aromatic amines is 1. The molecule has 1 saturated heterocycles. The van der Waals surface area contributed by atoms with Crippen molar-refractivity contribution in [2.24, 2.45) is 0 Å². The number of para-hydroxylation sites is 1. The van der Waals surface area contributed by atoms with Crippen LogP contribution in [0.25, 0.3) is 27.7 Å². The molecular formula is C23H25ClN4O2. The number of nitrogens with zero attached hydrogens (tertiary/aromatic N) is 2. The number of H-pyrrole nitrogens is 1. The van der Waals surface area contributed by atoms with E-state index >= 15 is 0 Å². The minimum absolute atomic E-state index is 0. The summed E-state index contributed by atoms with van der Waals surface area (Å²) in [5.41, 5.74) is 4.54. The lowest BCUT2D eigenvalue weighted by Gasteiger charge is -2.23. The van der Waals surface area contributed by atoms with Crippen LogP contribution in [0.3, 0.4) is 0 Å². The molecule has 0 bridgehead atoms. The van der Waals surface area contributed by atoms with Gasteiger partial charge < -0.3 is 15.0 Å². The third-order valence-electron chi connectivity index (χ3n) is 5.70. The fourth-order valence-electron chi connectivity index (χ4n) is 4.39. The SMILES string of the molecule is CCOc1ccccc1-c1cccc2nn3c(C4CCNCC4)cc(=O)[nH]c3c12.Cl. The van der Waals surface area contributed by atoms with Crippen molar-refractivity contribution in [1.29, 1.82) is 0 Å². The Balaban J connectivity index is 0.00000218. The van der Waals surface area contributed by atoms with Gasteiger partial charge in [0.25, 0.3) is 5.56 Å². The highest BCUT2D eigenvalue weighted by Gasteiger charge is 2.22. The molecule has 2 N–H and O–H groups in total. The molecule has 0 radical (unpaired) electrons. The van der Waals surface area contributed by atoms with Crippen LogP contribution in [-0.4, -0.2) is 34.3 Å². The zero-order chi connectivity index (χ0) is 19.8. The fourth-order valence-corrected chi connectivity index (χ4v) is 4.39. The monoisotopic (exact) mass is 424 g/mol. The highest BCUT2D eigenvalue weighted by Crippen LogP contribution is 2.37. The molecule has 3 heterocycles. The first kappa shape index (κ1) is 20.4. The van der Waals surface area contributed by atoms with Gasteiger partial charge in [-0.05, 0) is 50.6 Å². The van der Waals surface area contributed by atoms with Crippen molar-refractivity contribution >= 4 is 29.0 Å². The van der Waals surface area contributed by atoms with Gasteiger partial charge in [0, 0.05) is 17.5 Å². The zero-order valence-corrected chi connectivity index (χ0v) is 17.7. The predicted octanol–water partition coefficient (Wildman–Crippen LogP) is 4.13. The molecule has 7 heteroatoms. The lowest BCUT2D eigenvalue weighted by atomic mass is 9.94. The number of hydrogen-bond acceptors (Lipinski definition) is 4. The quantitative estimate of drug-likeness (QED) is 0.516. The van der Waals surface area contributed by atoms with Crippen LogP contribution in [0.5, 0.6) is 5.75 Å². The van der Waals surface area contributed by atoms with Gasteiger partial charge in [-0.1, -0.05) is 30.3 Å². The van der Waals surface area contributed by atoms with Crippen LogP contribution in [0, 0.1) is 0 Å². The summed E-state index contributed by atoms with van der Waals surface area (Å²) in [5.74, 6) is 1.16. The molecule has 0 atom stereocenters. The van der Waals surface area contributed by atoms with Crippen molar-refractivity contribution < 1.29 is 4.74 Å². The van der Waals surface area contributed by atoms with E-state index in [9.17, 15) is 4.79 Å². The van der Waals surface area contributed by atoms with E-state index in [-0.39, 0.29) is 18.0 Å². The number of nitrogens with one attached hydrogen (secondary N) is 2. The molecule has 30 heavy (non-hydrogen) atoms.